The van der Waals surface area contributed by atoms with Gasteiger partial charge in [-0.15, -0.1) is 12.4 Å². The van der Waals surface area contributed by atoms with Gasteiger partial charge in [-0.25, -0.2) is 4.79 Å². The maximum Gasteiger partial charge on any atom is 0.335 e. The Morgan fingerprint density at radius 3 is 2.41 bits per heavy atom. The van der Waals surface area contributed by atoms with Gasteiger partial charge >= 0.3 is 5.97 Å². The van der Waals surface area contributed by atoms with E-state index in [4.69, 9.17) is 4.74 Å². The van der Waals surface area contributed by atoms with Crippen molar-refractivity contribution in [2.24, 2.45) is 0 Å². The van der Waals surface area contributed by atoms with Crippen molar-refractivity contribution in [3.05, 3.63) is 101 Å². The number of carboxylic acids is 1. The number of benzene rings is 4. The molecule has 0 radical (unpaired) electrons. The molecule has 4 aromatic rings. The Balaban J connectivity index is 0.00000324. The van der Waals surface area contributed by atoms with Crippen LogP contribution in [0, 0.1) is 6.92 Å². The molecule has 0 heterocycles. The van der Waals surface area contributed by atoms with Crippen LogP contribution in [0.25, 0.3) is 21.9 Å². The highest BCUT2D eigenvalue weighted by Crippen LogP contribution is 2.31. The Labute approximate surface area is 207 Å². The third kappa shape index (κ3) is 5.96. The van der Waals surface area contributed by atoms with Crippen molar-refractivity contribution in [1.29, 1.82) is 0 Å². The first-order valence-electron chi connectivity index (χ1n) is 11.2. The minimum absolute atomic E-state index is 0. The number of aryl methyl sites for hydroxylation is 1. The summed E-state index contributed by atoms with van der Waals surface area (Å²) < 4.78 is 5.30. The normalized spacial score (nSPS) is 10.6. The van der Waals surface area contributed by atoms with Gasteiger partial charge in [0.2, 0.25) is 0 Å². The number of methoxy groups -OCH3 is 1. The van der Waals surface area contributed by atoms with E-state index in [0.717, 1.165) is 53.8 Å². The topological polar surface area (TPSA) is 58.6 Å². The monoisotopic (exact) mass is 475 g/mol. The summed E-state index contributed by atoms with van der Waals surface area (Å²) in [5, 5.41) is 15.4. The quantitative estimate of drug-likeness (QED) is 0.278. The van der Waals surface area contributed by atoms with Crippen molar-refractivity contribution < 1.29 is 14.6 Å². The van der Waals surface area contributed by atoms with E-state index in [1.807, 2.05) is 43.3 Å². The SMILES string of the molecule is COc1cccc(CCNCCc2cc(-c3ccc(C)c(C(=O)O)c3)c3ccccc3c2)c1.Cl. The number of hydrogen-bond acceptors (Lipinski definition) is 3. The number of hydrogen-bond donors (Lipinski definition) is 2. The molecule has 5 heteroatoms. The van der Waals surface area contributed by atoms with Crippen molar-refractivity contribution in [1.82, 2.24) is 5.32 Å². The van der Waals surface area contributed by atoms with Crippen LogP contribution in [0.2, 0.25) is 0 Å². The number of fused-ring (bicyclic) bond motifs is 1. The van der Waals surface area contributed by atoms with Gasteiger partial charge in [-0.3, -0.25) is 0 Å². The van der Waals surface area contributed by atoms with E-state index in [0.29, 0.717) is 5.56 Å². The molecule has 0 aliphatic heterocycles. The molecular formula is C29H30ClNO3. The lowest BCUT2D eigenvalue weighted by Gasteiger charge is -2.13. The van der Waals surface area contributed by atoms with E-state index in [2.05, 4.69) is 41.7 Å². The average molecular weight is 476 g/mol. The number of rotatable bonds is 9. The van der Waals surface area contributed by atoms with E-state index in [-0.39, 0.29) is 12.4 Å². The van der Waals surface area contributed by atoms with E-state index >= 15 is 0 Å². The van der Waals surface area contributed by atoms with Gasteiger partial charge in [0.05, 0.1) is 12.7 Å². The third-order valence-electron chi connectivity index (χ3n) is 6.02. The summed E-state index contributed by atoms with van der Waals surface area (Å²) >= 11 is 0. The zero-order valence-corrected chi connectivity index (χ0v) is 20.3. The lowest BCUT2D eigenvalue weighted by Crippen LogP contribution is -2.20. The zero-order chi connectivity index (χ0) is 23.2. The van der Waals surface area contributed by atoms with Gasteiger partial charge in [-0.05, 0) is 89.6 Å². The Kier molecular flexibility index (Phi) is 8.69. The number of nitrogens with one attached hydrogen (secondary N) is 1. The Morgan fingerprint density at radius 2 is 1.65 bits per heavy atom. The molecule has 0 saturated heterocycles. The van der Waals surface area contributed by atoms with Crippen LogP contribution in [0.5, 0.6) is 5.75 Å². The fraction of sp³-hybridized carbons (Fsp3) is 0.207. The first kappa shape index (κ1) is 25.3. The highest BCUT2D eigenvalue weighted by molar-refractivity contribution is 5.99. The van der Waals surface area contributed by atoms with Crippen LogP contribution in [0.4, 0.5) is 0 Å². The first-order valence-corrected chi connectivity index (χ1v) is 11.2. The van der Waals surface area contributed by atoms with Crippen LogP contribution in [-0.2, 0) is 12.8 Å². The fourth-order valence-electron chi connectivity index (χ4n) is 4.19. The molecule has 0 amide bonds. The molecular weight excluding hydrogens is 446 g/mol. The van der Waals surface area contributed by atoms with E-state index in [1.165, 1.54) is 16.5 Å². The molecule has 0 aromatic heterocycles. The minimum atomic E-state index is -0.893. The second-order valence-corrected chi connectivity index (χ2v) is 8.30. The third-order valence-corrected chi connectivity index (χ3v) is 6.02. The van der Waals surface area contributed by atoms with Gasteiger partial charge in [0.1, 0.15) is 5.75 Å². The minimum Gasteiger partial charge on any atom is -0.497 e. The summed E-state index contributed by atoms with van der Waals surface area (Å²) in [6, 6.07) is 26.6. The first-order chi connectivity index (χ1) is 16.0. The van der Waals surface area contributed by atoms with Crippen LogP contribution in [0.3, 0.4) is 0 Å². The van der Waals surface area contributed by atoms with E-state index < -0.39 is 5.97 Å². The van der Waals surface area contributed by atoms with Crippen LogP contribution < -0.4 is 10.1 Å². The Bertz CT molecular complexity index is 1290. The average Bonchev–Trinajstić information content (AvgIpc) is 2.83. The van der Waals surface area contributed by atoms with Crippen molar-refractivity contribution in [3.8, 4) is 16.9 Å². The predicted octanol–water partition coefficient (Wildman–Crippen LogP) is 6.32. The zero-order valence-electron chi connectivity index (χ0n) is 19.5. The summed E-state index contributed by atoms with van der Waals surface area (Å²) in [6.07, 6.45) is 1.84. The standard InChI is InChI=1S/C29H29NO3.ClH/c1-20-10-11-24(19-27(20)29(31)32)28-18-22(16-23-7-3-4-9-26(23)28)13-15-30-14-12-21-6-5-8-25(17-21)33-2;/h3-11,16-19,30H,12-15H2,1-2H3,(H,31,32);1H. The van der Waals surface area contributed by atoms with Gasteiger partial charge in [0.15, 0.2) is 0 Å². The number of carboxylic acid groups (broad SMARTS) is 1. The Morgan fingerprint density at radius 1 is 0.882 bits per heavy atom. The van der Waals surface area contributed by atoms with E-state index in [9.17, 15) is 9.90 Å². The largest absolute Gasteiger partial charge is 0.497 e. The maximum atomic E-state index is 11.7. The van der Waals surface area contributed by atoms with Crippen molar-refractivity contribution >= 4 is 29.1 Å². The second-order valence-electron chi connectivity index (χ2n) is 8.30. The number of aromatic carboxylic acids is 1. The number of ether oxygens (including phenoxy) is 1. The molecule has 0 spiro atoms. The molecule has 0 saturated carbocycles. The molecule has 0 aliphatic rings. The van der Waals surface area contributed by atoms with Crippen molar-refractivity contribution in [2.75, 3.05) is 20.2 Å². The highest BCUT2D eigenvalue weighted by Gasteiger charge is 2.12. The molecule has 34 heavy (non-hydrogen) atoms. The second kappa shape index (κ2) is 11.7. The van der Waals surface area contributed by atoms with Crippen LogP contribution in [-0.4, -0.2) is 31.3 Å². The van der Waals surface area contributed by atoms with E-state index in [1.54, 1.807) is 13.2 Å². The summed E-state index contributed by atoms with van der Waals surface area (Å²) in [5.41, 5.74) is 5.61. The number of carbonyl (C=O) groups is 1. The maximum absolute atomic E-state index is 11.7. The van der Waals surface area contributed by atoms with Crippen LogP contribution in [0.1, 0.15) is 27.0 Å². The predicted molar refractivity (Wildman–Crippen MR) is 142 cm³/mol. The summed E-state index contributed by atoms with van der Waals surface area (Å²) in [5.74, 6) is -0.00611. The van der Waals surface area contributed by atoms with Gasteiger partial charge in [0.25, 0.3) is 0 Å². The molecule has 4 aromatic carbocycles. The molecule has 4 rings (SSSR count). The van der Waals surface area contributed by atoms with Gasteiger partial charge in [-0.2, -0.15) is 0 Å². The number of halogens is 1. The van der Waals surface area contributed by atoms with Crippen LogP contribution >= 0.6 is 12.4 Å². The van der Waals surface area contributed by atoms with Crippen molar-refractivity contribution in [3.63, 3.8) is 0 Å². The molecule has 0 bridgehead atoms. The summed E-state index contributed by atoms with van der Waals surface area (Å²) in [7, 11) is 1.69. The summed E-state index contributed by atoms with van der Waals surface area (Å²) in [4.78, 5) is 11.7. The smallest absolute Gasteiger partial charge is 0.335 e. The van der Waals surface area contributed by atoms with Crippen LogP contribution in [0.15, 0.2) is 78.9 Å². The molecule has 176 valence electrons. The van der Waals surface area contributed by atoms with Gasteiger partial charge in [-0.1, -0.05) is 60.7 Å². The molecule has 4 nitrogen and oxygen atoms in total. The van der Waals surface area contributed by atoms with Gasteiger partial charge in [0, 0.05) is 0 Å². The summed E-state index contributed by atoms with van der Waals surface area (Å²) in [6.45, 7) is 3.60. The van der Waals surface area contributed by atoms with Gasteiger partial charge < -0.3 is 15.2 Å². The molecule has 0 aliphatic carbocycles. The fourth-order valence-corrected chi connectivity index (χ4v) is 4.19. The molecule has 0 unspecified atom stereocenters. The lowest BCUT2D eigenvalue weighted by atomic mass is 9.92. The van der Waals surface area contributed by atoms with Crippen molar-refractivity contribution in [2.45, 2.75) is 19.8 Å². The molecule has 0 fully saturated rings. The highest BCUT2D eigenvalue weighted by atomic mass is 35.5. The Hall–Kier alpha value is -3.34. The lowest BCUT2D eigenvalue weighted by molar-refractivity contribution is 0.0696. The molecule has 0 atom stereocenters. The molecule has 2 N–H and O–H groups in total.